The van der Waals surface area contributed by atoms with Gasteiger partial charge in [0.15, 0.2) is 0 Å². The Kier molecular flexibility index (Phi) is 5.36. The minimum atomic E-state index is -3.84. The van der Waals surface area contributed by atoms with Gasteiger partial charge >= 0.3 is 5.97 Å². The number of rotatable bonds is 5. The second-order valence-corrected chi connectivity index (χ2v) is 8.72. The maximum atomic E-state index is 11.8. The lowest BCUT2D eigenvalue weighted by molar-refractivity contribution is 0.0697. The van der Waals surface area contributed by atoms with E-state index in [0.29, 0.717) is 27.7 Å². The number of carboxylic acid groups (broad SMARTS) is 1. The summed E-state index contributed by atoms with van der Waals surface area (Å²) in [4.78, 5) is 11.8. The Balaban J connectivity index is 1.93. The van der Waals surface area contributed by atoms with E-state index >= 15 is 0 Å². The van der Waals surface area contributed by atoms with Crippen LogP contribution in [0.25, 0.3) is 28.2 Å². The third-order valence-corrected chi connectivity index (χ3v) is 5.87. The van der Waals surface area contributed by atoms with E-state index in [1.807, 2.05) is 12.1 Å². The summed E-state index contributed by atoms with van der Waals surface area (Å²) in [6, 6.07) is 21.3. The number of hydrogen-bond donors (Lipinski definition) is 2. The molecule has 4 aromatic rings. The van der Waals surface area contributed by atoms with Gasteiger partial charge in [-0.3, -0.25) is 0 Å². The van der Waals surface area contributed by atoms with Crippen molar-refractivity contribution in [1.29, 1.82) is 0 Å². The van der Waals surface area contributed by atoms with Crippen LogP contribution in [0, 0.1) is 0 Å². The molecule has 0 amide bonds. The Morgan fingerprint density at radius 2 is 1.61 bits per heavy atom. The standard InChI is InChI=1S/C22H16ClN3O4S/c23-15-7-5-14(6-8-15)20-13-21(18-3-1-2-4-19(18)22(27)28)26(25-20)16-9-11-17(12-10-16)31(24,29)30/h1-13H,(H,27,28)(H2,24,29,30). The zero-order valence-corrected chi connectivity index (χ0v) is 17.5. The van der Waals surface area contributed by atoms with Crippen LogP contribution in [0.1, 0.15) is 10.4 Å². The van der Waals surface area contributed by atoms with E-state index in [2.05, 4.69) is 5.10 Å². The van der Waals surface area contributed by atoms with Gasteiger partial charge in [-0.2, -0.15) is 5.10 Å². The Labute approximate surface area is 183 Å². The van der Waals surface area contributed by atoms with Crippen molar-refractivity contribution >= 4 is 27.6 Å². The molecule has 0 aliphatic heterocycles. The summed E-state index contributed by atoms with van der Waals surface area (Å²) in [6.45, 7) is 0. The number of primary sulfonamides is 1. The van der Waals surface area contributed by atoms with Gasteiger partial charge in [-0.1, -0.05) is 41.9 Å². The van der Waals surface area contributed by atoms with Gasteiger partial charge in [-0.25, -0.2) is 23.0 Å². The molecule has 0 unspecified atom stereocenters. The van der Waals surface area contributed by atoms with E-state index in [-0.39, 0.29) is 10.5 Å². The fraction of sp³-hybridized carbons (Fsp3) is 0. The van der Waals surface area contributed by atoms with E-state index in [1.165, 1.54) is 18.2 Å². The van der Waals surface area contributed by atoms with Crippen molar-refractivity contribution in [3.63, 3.8) is 0 Å². The first-order valence-corrected chi connectivity index (χ1v) is 11.0. The third kappa shape index (κ3) is 4.22. The maximum absolute atomic E-state index is 11.8. The highest BCUT2D eigenvalue weighted by molar-refractivity contribution is 7.89. The average molecular weight is 454 g/mol. The van der Waals surface area contributed by atoms with E-state index in [9.17, 15) is 18.3 Å². The van der Waals surface area contributed by atoms with Gasteiger partial charge in [0.1, 0.15) is 0 Å². The largest absolute Gasteiger partial charge is 0.478 e. The molecular formula is C22H16ClN3O4S. The molecule has 3 aromatic carbocycles. The quantitative estimate of drug-likeness (QED) is 0.469. The van der Waals surface area contributed by atoms with Gasteiger partial charge in [-0.15, -0.1) is 0 Å². The minimum absolute atomic E-state index is 0.0335. The normalized spacial score (nSPS) is 11.4. The number of hydrogen-bond acceptors (Lipinski definition) is 4. The fourth-order valence-electron chi connectivity index (χ4n) is 3.20. The van der Waals surface area contributed by atoms with Crippen LogP contribution in [-0.2, 0) is 10.0 Å². The van der Waals surface area contributed by atoms with Gasteiger partial charge in [0.25, 0.3) is 0 Å². The van der Waals surface area contributed by atoms with E-state index < -0.39 is 16.0 Å². The minimum Gasteiger partial charge on any atom is -0.478 e. The first-order valence-electron chi connectivity index (χ1n) is 9.06. The summed E-state index contributed by atoms with van der Waals surface area (Å²) in [6.07, 6.45) is 0. The molecule has 0 fully saturated rings. The Bertz CT molecular complexity index is 1380. The molecule has 0 bridgehead atoms. The number of nitrogens with two attached hydrogens (primary N) is 1. The molecule has 0 radical (unpaired) electrons. The lowest BCUT2D eigenvalue weighted by Crippen LogP contribution is -2.12. The van der Waals surface area contributed by atoms with E-state index in [4.69, 9.17) is 16.7 Å². The number of aromatic nitrogens is 2. The monoisotopic (exact) mass is 453 g/mol. The van der Waals surface area contributed by atoms with Crippen LogP contribution in [0.4, 0.5) is 0 Å². The van der Waals surface area contributed by atoms with Gasteiger partial charge in [0.2, 0.25) is 10.0 Å². The van der Waals surface area contributed by atoms with Crippen molar-refractivity contribution in [2.45, 2.75) is 4.90 Å². The molecule has 3 N–H and O–H groups in total. The third-order valence-electron chi connectivity index (χ3n) is 4.69. The Morgan fingerprint density at radius 3 is 2.23 bits per heavy atom. The lowest BCUT2D eigenvalue weighted by Gasteiger charge is -2.10. The molecule has 0 aliphatic carbocycles. The van der Waals surface area contributed by atoms with Gasteiger partial charge < -0.3 is 5.11 Å². The molecule has 0 atom stereocenters. The second-order valence-electron chi connectivity index (χ2n) is 6.72. The van der Waals surface area contributed by atoms with E-state index in [0.717, 1.165) is 5.56 Å². The Hall–Kier alpha value is -3.46. The van der Waals surface area contributed by atoms with E-state index in [1.54, 1.807) is 53.2 Å². The van der Waals surface area contributed by atoms with Crippen LogP contribution in [0.3, 0.4) is 0 Å². The smallest absolute Gasteiger partial charge is 0.336 e. The summed E-state index contributed by atoms with van der Waals surface area (Å²) < 4.78 is 24.7. The molecule has 9 heteroatoms. The molecule has 0 aliphatic rings. The summed E-state index contributed by atoms with van der Waals surface area (Å²) in [5.41, 5.74) is 3.06. The summed E-state index contributed by atoms with van der Waals surface area (Å²) in [5, 5.41) is 20.1. The second kappa shape index (κ2) is 7.99. The fourth-order valence-corrected chi connectivity index (χ4v) is 3.84. The number of halogens is 1. The average Bonchev–Trinajstić information content (AvgIpc) is 3.19. The zero-order chi connectivity index (χ0) is 22.2. The number of benzene rings is 3. The summed E-state index contributed by atoms with van der Waals surface area (Å²) in [7, 11) is -3.84. The highest BCUT2D eigenvalue weighted by Gasteiger charge is 2.19. The molecule has 7 nitrogen and oxygen atoms in total. The summed E-state index contributed by atoms with van der Waals surface area (Å²) >= 11 is 5.98. The summed E-state index contributed by atoms with van der Waals surface area (Å²) in [5.74, 6) is -1.07. The molecule has 156 valence electrons. The predicted molar refractivity (Wildman–Crippen MR) is 118 cm³/mol. The van der Waals surface area contributed by atoms with Crippen molar-refractivity contribution in [3.05, 3.63) is 89.4 Å². The first-order chi connectivity index (χ1) is 14.7. The molecule has 4 rings (SSSR count). The number of nitrogens with zero attached hydrogens (tertiary/aromatic N) is 2. The highest BCUT2D eigenvalue weighted by atomic mass is 35.5. The van der Waals surface area contributed by atoms with Gasteiger partial charge in [0, 0.05) is 16.1 Å². The maximum Gasteiger partial charge on any atom is 0.336 e. The van der Waals surface area contributed by atoms with Crippen LogP contribution in [0.15, 0.2) is 83.8 Å². The van der Waals surface area contributed by atoms with Crippen molar-refractivity contribution in [2.75, 3.05) is 0 Å². The highest BCUT2D eigenvalue weighted by Crippen LogP contribution is 2.31. The van der Waals surface area contributed by atoms with Crippen LogP contribution >= 0.6 is 11.6 Å². The Morgan fingerprint density at radius 1 is 0.968 bits per heavy atom. The van der Waals surface area contributed by atoms with Crippen LogP contribution in [0.5, 0.6) is 0 Å². The lowest BCUT2D eigenvalue weighted by atomic mass is 10.0. The molecule has 31 heavy (non-hydrogen) atoms. The number of carboxylic acids is 1. The number of aromatic carboxylic acids is 1. The van der Waals surface area contributed by atoms with Crippen molar-refractivity contribution < 1.29 is 18.3 Å². The van der Waals surface area contributed by atoms with Crippen molar-refractivity contribution in [3.8, 4) is 28.2 Å². The van der Waals surface area contributed by atoms with Crippen molar-refractivity contribution in [2.24, 2.45) is 5.14 Å². The molecule has 0 saturated carbocycles. The van der Waals surface area contributed by atoms with Crippen LogP contribution in [0.2, 0.25) is 5.02 Å². The zero-order valence-electron chi connectivity index (χ0n) is 15.9. The molecule has 1 heterocycles. The predicted octanol–water partition coefficient (Wildman–Crippen LogP) is 4.21. The van der Waals surface area contributed by atoms with Crippen molar-refractivity contribution in [1.82, 2.24) is 9.78 Å². The molecule has 0 saturated heterocycles. The van der Waals surface area contributed by atoms with Gasteiger partial charge in [-0.05, 0) is 48.5 Å². The topological polar surface area (TPSA) is 115 Å². The molecular weight excluding hydrogens is 438 g/mol. The first kappa shape index (κ1) is 20.8. The molecule has 1 aromatic heterocycles. The van der Waals surface area contributed by atoms with Crippen LogP contribution < -0.4 is 5.14 Å². The SMILES string of the molecule is NS(=O)(=O)c1ccc(-n2nc(-c3ccc(Cl)cc3)cc2-c2ccccc2C(=O)O)cc1. The van der Waals surface area contributed by atoms with Gasteiger partial charge in [0.05, 0.1) is 27.5 Å². The number of sulfonamides is 1. The van der Waals surface area contributed by atoms with Crippen LogP contribution in [-0.4, -0.2) is 29.3 Å². The molecule has 0 spiro atoms. The number of carbonyl (C=O) groups is 1.